The van der Waals surface area contributed by atoms with E-state index in [2.05, 4.69) is 21.0 Å². The van der Waals surface area contributed by atoms with Crippen LogP contribution in [0.15, 0.2) is 36.7 Å². The highest BCUT2D eigenvalue weighted by Gasteiger charge is 2.35. The highest BCUT2D eigenvalue weighted by Crippen LogP contribution is 2.29. The van der Waals surface area contributed by atoms with Gasteiger partial charge >= 0.3 is 0 Å². The van der Waals surface area contributed by atoms with Crippen LogP contribution < -0.4 is 16.0 Å². The SMILES string of the molecule is Cl.Cn1cc([C@H]2CNC[C@@H]2C(=O)Nc2ccc(CC3CC(=O)NC3=O)cc2)cn1. The summed E-state index contributed by atoms with van der Waals surface area (Å²) in [6.07, 6.45) is 4.52. The van der Waals surface area contributed by atoms with Crippen LogP contribution in [-0.4, -0.2) is 40.6 Å². The molecule has 0 saturated carbocycles. The summed E-state index contributed by atoms with van der Waals surface area (Å²) in [5.41, 5.74) is 2.74. The minimum absolute atomic E-state index is 0. The molecule has 8 nitrogen and oxygen atoms in total. The number of anilines is 1. The van der Waals surface area contributed by atoms with E-state index < -0.39 is 0 Å². The Morgan fingerprint density at radius 3 is 2.62 bits per heavy atom. The van der Waals surface area contributed by atoms with E-state index in [0.717, 1.165) is 23.4 Å². The van der Waals surface area contributed by atoms with Gasteiger partial charge in [0.05, 0.1) is 18.0 Å². The Balaban J connectivity index is 0.00000240. The zero-order valence-corrected chi connectivity index (χ0v) is 16.9. The molecule has 3 amide bonds. The molecule has 2 aromatic rings. The summed E-state index contributed by atoms with van der Waals surface area (Å²) in [6, 6.07) is 7.45. The molecule has 1 aromatic heterocycles. The van der Waals surface area contributed by atoms with Crippen molar-refractivity contribution >= 4 is 35.8 Å². The number of hydrogen-bond acceptors (Lipinski definition) is 5. The number of aryl methyl sites for hydroxylation is 1. The first kappa shape index (κ1) is 21.0. The molecule has 3 N–H and O–H groups in total. The van der Waals surface area contributed by atoms with Crippen molar-refractivity contribution in [3.8, 4) is 0 Å². The van der Waals surface area contributed by atoms with Crippen molar-refractivity contribution in [1.82, 2.24) is 20.4 Å². The second kappa shape index (κ2) is 8.75. The van der Waals surface area contributed by atoms with Gasteiger partial charge in [-0.25, -0.2) is 0 Å². The number of rotatable bonds is 5. The summed E-state index contributed by atoms with van der Waals surface area (Å²) < 4.78 is 1.75. The molecule has 9 heteroatoms. The van der Waals surface area contributed by atoms with Gasteiger partial charge in [-0.05, 0) is 29.7 Å². The fourth-order valence-corrected chi connectivity index (χ4v) is 3.95. The number of amides is 3. The Bertz CT molecular complexity index is 911. The number of nitrogens with zero attached hydrogens (tertiary/aromatic N) is 2. The van der Waals surface area contributed by atoms with E-state index in [1.807, 2.05) is 43.7 Å². The average molecular weight is 418 g/mol. The lowest BCUT2D eigenvalue weighted by Crippen LogP contribution is -2.28. The molecule has 0 bridgehead atoms. The van der Waals surface area contributed by atoms with E-state index >= 15 is 0 Å². The minimum atomic E-state index is -0.308. The third-order valence-electron chi connectivity index (χ3n) is 5.47. The highest BCUT2D eigenvalue weighted by atomic mass is 35.5. The van der Waals surface area contributed by atoms with Crippen molar-refractivity contribution in [2.24, 2.45) is 18.9 Å². The molecule has 1 aromatic carbocycles. The monoisotopic (exact) mass is 417 g/mol. The number of carbonyl (C=O) groups is 3. The predicted octanol–water partition coefficient (Wildman–Crippen LogP) is 0.989. The summed E-state index contributed by atoms with van der Waals surface area (Å²) in [5.74, 6) is -0.807. The van der Waals surface area contributed by atoms with Crippen LogP contribution >= 0.6 is 12.4 Å². The molecule has 0 radical (unpaired) electrons. The molecule has 2 saturated heterocycles. The average Bonchev–Trinajstić information content (AvgIpc) is 3.37. The maximum atomic E-state index is 12.8. The second-order valence-corrected chi connectivity index (χ2v) is 7.52. The summed E-state index contributed by atoms with van der Waals surface area (Å²) >= 11 is 0. The van der Waals surface area contributed by atoms with Gasteiger partial charge in [-0.2, -0.15) is 5.10 Å². The number of benzene rings is 1. The van der Waals surface area contributed by atoms with Crippen molar-refractivity contribution in [2.45, 2.75) is 18.8 Å². The molecule has 1 unspecified atom stereocenters. The third-order valence-corrected chi connectivity index (χ3v) is 5.47. The number of nitrogens with one attached hydrogen (secondary N) is 3. The van der Waals surface area contributed by atoms with E-state index in [0.29, 0.717) is 13.0 Å². The third kappa shape index (κ3) is 4.65. The number of imide groups is 1. The van der Waals surface area contributed by atoms with Gasteiger partial charge in [-0.3, -0.25) is 24.4 Å². The van der Waals surface area contributed by atoms with Crippen LogP contribution in [0.1, 0.15) is 23.5 Å². The summed E-state index contributed by atoms with van der Waals surface area (Å²) in [7, 11) is 1.87. The first-order valence-electron chi connectivity index (χ1n) is 9.42. The Morgan fingerprint density at radius 1 is 1.24 bits per heavy atom. The smallest absolute Gasteiger partial charge is 0.230 e. The molecule has 0 spiro atoms. The maximum absolute atomic E-state index is 12.8. The normalized spacial score (nSPS) is 23.6. The van der Waals surface area contributed by atoms with Gasteiger partial charge in [0.2, 0.25) is 17.7 Å². The molecule has 2 fully saturated rings. The van der Waals surface area contributed by atoms with Crippen LogP contribution in [0.4, 0.5) is 5.69 Å². The number of halogens is 1. The van der Waals surface area contributed by atoms with Crippen LogP contribution in [0.5, 0.6) is 0 Å². The summed E-state index contributed by atoms with van der Waals surface area (Å²) in [5, 5.41) is 12.8. The highest BCUT2D eigenvalue weighted by molar-refractivity contribution is 6.03. The predicted molar refractivity (Wildman–Crippen MR) is 110 cm³/mol. The van der Waals surface area contributed by atoms with E-state index in [1.54, 1.807) is 4.68 Å². The molecule has 2 aliphatic rings. The van der Waals surface area contributed by atoms with Crippen molar-refractivity contribution in [3.05, 3.63) is 47.8 Å². The zero-order chi connectivity index (χ0) is 19.7. The lowest BCUT2D eigenvalue weighted by molar-refractivity contribution is -0.126. The van der Waals surface area contributed by atoms with Crippen LogP contribution in [0, 0.1) is 11.8 Å². The van der Waals surface area contributed by atoms with Gasteiger partial charge in [0.25, 0.3) is 0 Å². The molecular weight excluding hydrogens is 394 g/mol. The number of aromatic nitrogens is 2. The second-order valence-electron chi connectivity index (χ2n) is 7.52. The fraction of sp³-hybridized carbons (Fsp3) is 0.400. The quantitative estimate of drug-likeness (QED) is 0.629. The first-order valence-corrected chi connectivity index (χ1v) is 9.42. The van der Waals surface area contributed by atoms with Crippen LogP contribution in [0.2, 0.25) is 0 Å². The van der Waals surface area contributed by atoms with Crippen LogP contribution in [-0.2, 0) is 27.9 Å². The number of carbonyl (C=O) groups excluding carboxylic acids is 3. The Hall–Kier alpha value is -2.71. The Labute approximate surface area is 174 Å². The molecule has 2 aliphatic heterocycles. The van der Waals surface area contributed by atoms with Gasteiger partial charge < -0.3 is 10.6 Å². The van der Waals surface area contributed by atoms with Gasteiger partial charge in [-0.15, -0.1) is 12.4 Å². The largest absolute Gasteiger partial charge is 0.326 e. The summed E-state index contributed by atoms with van der Waals surface area (Å²) in [6.45, 7) is 1.39. The van der Waals surface area contributed by atoms with Crippen molar-refractivity contribution < 1.29 is 14.4 Å². The topological polar surface area (TPSA) is 105 Å². The van der Waals surface area contributed by atoms with Gasteiger partial charge in [0.1, 0.15) is 0 Å². The van der Waals surface area contributed by atoms with Gasteiger partial charge in [0.15, 0.2) is 0 Å². The standard InChI is InChI=1S/C20H23N5O3.ClH/c1-25-11-14(8-22-25)16-9-21-10-17(16)20(28)23-15-4-2-12(3-5-15)6-13-7-18(26)24-19(13)27;/h2-5,8,11,13,16-17,21H,6-7,9-10H2,1H3,(H,23,28)(H,24,26,27);1H/t13?,16-,17+;/m1./s1. The molecular formula is C20H24ClN5O3. The Kier molecular flexibility index (Phi) is 6.34. The van der Waals surface area contributed by atoms with Crippen LogP contribution in [0.25, 0.3) is 0 Å². The van der Waals surface area contributed by atoms with Gasteiger partial charge in [0, 0.05) is 44.4 Å². The maximum Gasteiger partial charge on any atom is 0.230 e. The van der Waals surface area contributed by atoms with E-state index in [-0.39, 0.29) is 54.3 Å². The minimum Gasteiger partial charge on any atom is -0.326 e. The van der Waals surface area contributed by atoms with E-state index in [4.69, 9.17) is 0 Å². The lowest BCUT2D eigenvalue weighted by atomic mass is 9.90. The molecule has 4 rings (SSSR count). The molecule has 3 heterocycles. The molecule has 29 heavy (non-hydrogen) atoms. The zero-order valence-electron chi connectivity index (χ0n) is 16.1. The van der Waals surface area contributed by atoms with E-state index in [1.165, 1.54) is 0 Å². The van der Waals surface area contributed by atoms with E-state index in [9.17, 15) is 14.4 Å². The van der Waals surface area contributed by atoms with Crippen molar-refractivity contribution in [3.63, 3.8) is 0 Å². The lowest BCUT2D eigenvalue weighted by Gasteiger charge is -2.17. The van der Waals surface area contributed by atoms with Gasteiger partial charge in [-0.1, -0.05) is 12.1 Å². The molecule has 3 atom stereocenters. The Morgan fingerprint density at radius 2 is 2.00 bits per heavy atom. The van der Waals surface area contributed by atoms with Crippen LogP contribution in [0.3, 0.4) is 0 Å². The molecule has 154 valence electrons. The van der Waals surface area contributed by atoms with Crippen molar-refractivity contribution in [1.29, 1.82) is 0 Å². The summed E-state index contributed by atoms with van der Waals surface area (Å²) in [4.78, 5) is 35.8. The molecule has 0 aliphatic carbocycles. The number of hydrogen-bond donors (Lipinski definition) is 3. The first-order chi connectivity index (χ1) is 13.5. The van der Waals surface area contributed by atoms with Crippen molar-refractivity contribution in [2.75, 3.05) is 18.4 Å². The fourth-order valence-electron chi connectivity index (χ4n) is 3.95.